The first-order valence-corrected chi connectivity index (χ1v) is 5.06. The molecule has 3 nitrogen and oxygen atoms in total. The lowest BCUT2D eigenvalue weighted by Crippen LogP contribution is -2.43. The predicted octanol–water partition coefficient (Wildman–Crippen LogP) is 0.601. The van der Waals surface area contributed by atoms with Gasteiger partial charge in [0.25, 0.3) is 0 Å². The van der Waals surface area contributed by atoms with Gasteiger partial charge in [-0.05, 0) is 33.6 Å². The van der Waals surface area contributed by atoms with Gasteiger partial charge in [0.15, 0.2) is 5.78 Å². The first-order chi connectivity index (χ1) is 6.15. The van der Waals surface area contributed by atoms with Crippen LogP contribution in [0.5, 0.6) is 0 Å². The van der Waals surface area contributed by atoms with E-state index in [0.717, 1.165) is 19.6 Å². The quantitative estimate of drug-likeness (QED) is 0.628. The fraction of sp³-hybridized carbons (Fsp3) is 0.900. The van der Waals surface area contributed by atoms with Crippen LogP contribution in [-0.2, 0) is 4.79 Å². The van der Waals surface area contributed by atoms with Crippen LogP contribution in [0.2, 0.25) is 0 Å². The zero-order valence-electron chi connectivity index (χ0n) is 8.92. The molecule has 3 heteroatoms. The van der Waals surface area contributed by atoms with Gasteiger partial charge in [-0.25, -0.2) is 0 Å². The van der Waals surface area contributed by atoms with Crippen molar-refractivity contribution in [1.82, 2.24) is 9.80 Å². The zero-order valence-corrected chi connectivity index (χ0v) is 8.92. The lowest BCUT2D eigenvalue weighted by molar-refractivity contribution is -0.123. The van der Waals surface area contributed by atoms with Crippen LogP contribution in [0.1, 0.15) is 19.8 Å². The van der Waals surface area contributed by atoms with Gasteiger partial charge in [-0.1, -0.05) is 6.92 Å². The molecule has 0 aromatic rings. The molecule has 0 saturated carbocycles. The van der Waals surface area contributed by atoms with Gasteiger partial charge in [0.2, 0.25) is 0 Å². The molecule has 13 heavy (non-hydrogen) atoms. The smallest absolute Gasteiger partial charge is 0.150 e. The summed E-state index contributed by atoms with van der Waals surface area (Å²) in [4.78, 5) is 16.0. The van der Waals surface area contributed by atoms with Gasteiger partial charge in [0, 0.05) is 13.0 Å². The molecule has 1 rings (SSSR count). The van der Waals surface area contributed by atoms with E-state index in [-0.39, 0.29) is 6.04 Å². The highest BCUT2D eigenvalue weighted by Gasteiger charge is 2.25. The third-order valence-electron chi connectivity index (χ3n) is 2.79. The number of Topliss-reactive ketones (excluding diaryl/α,β-unsaturated/α-hetero) is 1. The Bertz CT molecular complexity index is 182. The first-order valence-electron chi connectivity index (χ1n) is 5.06. The Morgan fingerprint density at radius 1 is 1.38 bits per heavy atom. The molecule has 0 bridgehead atoms. The topological polar surface area (TPSA) is 23.6 Å². The fourth-order valence-electron chi connectivity index (χ4n) is 1.86. The summed E-state index contributed by atoms with van der Waals surface area (Å²) >= 11 is 0. The number of hydrogen-bond donors (Lipinski definition) is 0. The molecule has 0 aromatic heterocycles. The Morgan fingerprint density at radius 2 is 2.08 bits per heavy atom. The van der Waals surface area contributed by atoms with E-state index in [9.17, 15) is 4.79 Å². The van der Waals surface area contributed by atoms with Crippen LogP contribution in [0.4, 0.5) is 0 Å². The average molecular weight is 184 g/mol. The van der Waals surface area contributed by atoms with E-state index in [0.29, 0.717) is 12.2 Å². The maximum absolute atomic E-state index is 11.6. The van der Waals surface area contributed by atoms with E-state index in [1.807, 2.05) is 6.92 Å². The van der Waals surface area contributed by atoms with E-state index in [2.05, 4.69) is 23.9 Å². The van der Waals surface area contributed by atoms with Gasteiger partial charge in [0.1, 0.15) is 0 Å². The molecule has 0 spiro atoms. The molecule has 1 saturated heterocycles. The highest BCUT2D eigenvalue weighted by atomic mass is 16.1. The maximum Gasteiger partial charge on any atom is 0.150 e. The second-order valence-electron chi connectivity index (χ2n) is 3.93. The van der Waals surface area contributed by atoms with E-state index in [1.165, 1.54) is 6.42 Å². The molecule has 1 aliphatic heterocycles. The fourth-order valence-corrected chi connectivity index (χ4v) is 1.86. The number of rotatable bonds is 2. The zero-order chi connectivity index (χ0) is 9.84. The number of carbonyl (C=O) groups excluding carboxylic acids is 1. The second-order valence-corrected chi connectivity index (χ2v) is 3.93. The summed E-state index contributed by atoms with van der Waals surface area (Å²) in [5.74, 6) is 0.372. The Morgan fingerprint density at radius 3 is 2.69 bits per heavy atom. The molecule has 1 fully saturated rings. The summed E-state index contributed by atoms with van der Waals surface area (Å²) in [5.41, 5.74) is 0. The summed E-state index contributed by atoms with van der Waals surface area (Å²) in [7, 11) is 4.15. The Kier molecular flexibility index (Phi) is 3.88. The summed E-state index contributed by atoms with van der Waals surface area (Å²) in [6.45, 7) is 4.99. The molecule has 0 amide bonds. The van der Waals surface area contributed by atoms with E-state index in [4.69, 9.17) is 0 Å². The van der Waals surface area contributed by atoms with Crippen molar-refractivity contribution in [3.05, 3.63) is 0 Å². The number of carbonyl (C=O) groups is 1. The van der Waals surface area contributed by atoms with Crippen LogP contribution in [0.25, 0.3) is 0 Å². The van der Waals surface area contributed by atoms with Crippen molar-refractivity contribution in [3.8, 4) is 0 Å². The van der Waals surface area contributed by atoms with E-state index in [1.54, 1.807) is 0 Å². The lowest BCUT2D eigenvalue weighted by atomic mass is 10.1. The number of ketones is 1. The van der Waals surface area contributed by atoms with Crippen molar-refractivity contribution in [3.63, 3.8) is 0 Å². The SMILES string of the molecule is CCC(=O)C1CN(C)CCCN1C. The molecule has 0 aromatic carbocycles. The molecule has 1 unspecified atom stereocenters. The van der Waals surface area contributed by atoms with Crippen LogP contribution < -0.4 is 0 Å². The van der Waals surface area contributed by atoms with Crippen LogP contribution >= 0.6 is 0 Å². The predicted molar refractivity (Wildman–Crippen MR) is 53.8 cm³/mol. The maximum atomic E-state index is 11.6. The monoisotopic (exact) mass is 184 g/mol. The van der Waals surface area contributed by atoms with Gasteiger partial charge in [-0.2, -0.15) is 0 Å². The van der Waals surface area contributed by atoms with Crippen molar-refractivity contribution in [2.75, 3.05) is 33.7 Å². The third-order valence-corrected chi connectivity index (χ3v) is 2.79. The third kappa shape index (κ3) is 2.78. The van der Waals surface area contributed by atoms with Gasteiger partial charge < -0.3 is 4.90 Å². The summed E-state index contributed by atoms with van der Waals surface area (Å²) in [5, 5.41) is 0. The van der Waals surface area contributed by atoms with Crippen molar-refractivity contribution in [2.24, 2.45) is 0 Å². The highest BCUT2D eigenvalue weighted by Crippen LogP contribution is 2.08. The minimum Gasteiger partial charge on any atom is -0.304 e. The summed E-state index contributed by atoms with van der Waals surface area (Å²) < 4.78 is 0. The molecule has 0 radical (unpaired) electrons. The second kappa shape index (κ2) is 4.72. The van der Waals surface area contributed by atoms with Crippen LogP contribution in [0.15, 0.2) is 0 Å². The van der Waals surface area contributed by atoms with Crippen molar-refractivity contribution >= 4 is 5.78 Å². The Hall–Kier alpha value is -0.410. The van der Waals surface area contributed by atoms with Gasteiger partial charge >= 0.3 is 0 Å². The molecular formula is C10H20N2O. The normalized spacial score (nSPS) is 27.2. The minimum absolute atomic E-state index is 0.123. The molecular weight excluding hydrogens is 164 g/mol. The van der Waals surface area contributed by atoms with Gasteiger partial charge in [-0.3, -0.25) is 9.69 Å². The van der Waals surface area contributed by atoms with E-state index >= 15 is 0 Å². The Balaban J connectivity index is 2.61. The highest BCUT2D eigenvalue weighted by molar-refractivity contribution is 5.83. The molecule has 1 aliphatic rings. The minimum atomic E-state index is 0.123. The first kappa shape index (κ1) is 10.7. The molecule has 0 N–H and O–H groups in total. The van der Waals surface area contributed by atoms with Crippen molar-refractivity contribution in [1.29, 1.82) is 0 Å². The van der Waals surface area contributed by atoms with Crippen molar-refractivity contribution in [2.45, 2.75) is 25.8 Å². The summed E-state index contributed by atoms with van der Waals surface area (Å²) in [6, 6.07) is 0.123. The number of nitrogens with zero attached hydrogens (tertiary/aromatic N) is 2. The standard InChI is InChI=1S/C10H20N2O/c1-4-10(13)9-8-11(2)6-5-7-12(9)3/h9H,4-8H2,1-3H3. The molecule has 76 valence electrons. The van der Waals surface area contributed by atoms with Gasteiger partial charge in [0.05, 0.1) is 6.04 Å². The number of hydrogen-bond acceptors (Lipinski definition) is 3. The molecule has 1 atom stereocenters. The van der Waals surface area contributed by atoms with Crippen LogP contribution in [0.3, 0.4) is 0 Å². The number of likely N-dealkylation sites (N-methyl/N-ethyl adjacent to an activating group) is 2. The van der Waals surface area contributed by atoms with Crippen LogP contribution in [0, 0.1) is 0 Å². The average Bonchev–Trinajstić information content (AvgIpc) is 2.27. The van der Waals surface area contributed by atoms with Crippen molar-refractivity contribution < 1.29 is 4.79 Å². The van der Waals surface area contributed by atoms with Gasteiger partial charge in [-0.15, -0.1) is 0 Å². The molecule has 0 aliphatic carbocycles. The lowest BCUT2D eigenvalue weighted by Gasteiger charge is -2.25. The largest absolute Gasteiger partial charge is 0.304 e. The summed E-state index contributed by atoms with van der Waals surface area (Å²) in [6.07, 6.45) is 1.82. The molecule has 1 heterocycles. The Labute approximate surface area is 80.7 Å². The van der Waals surface area contributed by atoms with E-state index < -0.39 is 0 Å². The van der Waals surface area contributed by atoms with Crippen LogP contribution in [-0.4, -0.2) is 55.4 Å².